The third kappa shape index (κ3) is 5.33. The van der Waals surface area contributed by atoms with Crippen LogP contribution >= 0.6 is 0 Å². The van der Waals surface area contributed by atoms with Gasteiger partial charge < -0.3 is 14.6 Å². The monoisotopic (exact) mass is 340 g/mol. The molecule has 0 saturated carbocycles. The van der Waals surface area contributed by atoms with Crippen LogP contribution in [0.2, 0.25) is 0 Å². The van der Waals surface area contributed by atoms with Gasteiger partial charge in [-0.1, -0.05) is 42.5 Å². The van der Waals surface area contributed by atoms with Crippen molar-refractivity contribution in [3.8, 4) is 5.75 Å². The van der Waals surface area contributed by atoms with Crippen molar-refractivity contribution in [2.24, 2.45) is 0 Å². The van der Waals surface area contributed by atoms with Gasteiger partial charge in [-0.2, -0.15) is 0 Å². The normalized spacial score (nSPS) is 23.1. The Morgan fingerprint density at radius 1 is 1.12 bits per heavy atom. The van der Waals surface area contributed by atoms with Gasteiger partial charge in [0.25, 0.3) is 0 Å². The van der Waals surface area contributed by atoms with Crippen LogP contribution in [0.15, 0.2) is 54.6 Å². The number of hydrogen-bond donors (Lipinski definition) is 1. The molecule has 2 atom stereocenters. The molecule has 1 N–H and O–H groups in total. The molecule has 4 nitrogen and oxygen atoms in total. The van der Waals surface area contributed by atoms with Gasteiger partial charge in [0.1, 0.15) is 18.5 Å². The summed E-state index contributed by atoms with van der Waals surface area (Å²) in [6.07, 6.45) is 1.87. The van der Waals surface area contributed by atoms with Gasteiger partial charge in [0, 0.05) is 6.42 Å². The maximum Gasteiger partial charge on any atom is 0.308 e. The van der Waals surface area contributed by atoms with Crippen LogP contribution in [0.1, 0.15) is 37.3 Å². The second-order valence-corrected chi connectivity index (χ2v) is 6.95. The number of aliphatic hydroxyl groups is 1. The summed E-state index contributed by atoms with van der Waals surface area (Å²) in [5, 5.41) is 10.1. The molecule has 3 rings (SSSR count). The van der Waals surface area contributed by atoms with Gasteiger partial charge in [0.2, 0.25) is 0 Å². The van der Waals surface area contributed by atoms with Crippen LogP contribution in [0.25, 0.3) is 0 Å². The van der Waals surface area contributed by atoms with E-state index in [1.807, 2.05) is 54.6 Å². The minimum atomic E-state index is -0.949. The number of benzene rings is 2. The molecule has 1 aliphatic rings. The summed E-state index contributed by atoms with van der Waals surface area (Å²) in [4.78, 5) is 11.5. The molecular formula is C21H24O4. The van der Waals surface area contributed by atoms with Gasteiger partial charge in [0.15, 0.2) is 0 Å². The lowest BCUT2D eigenvalue weighted by molar-refractivity contribution is -0.168. The maximum absolute atomic E-state index is 11.5. The molecule has 132 valence electrons. The Kier molecular flexibility index (Phi) is 5.39. The van der Waals surface area contributed by atoms with Crippen LogP contribution in [-0.2, 0) is 22.6 Å². The Morgan fingerprint density at radius 2 is 1.84 bits per heavy atom. The van der Waals surface area contributed by atoms with Crippen molar-refractivity contribution in [3.05, 3.63) is 65.7 Å². The summed E-state index contributed by atoms with van der Waals surface area (Å²) in [5.74, 6) is 0.519. The Morgan fingerprint density at radius 3 is 2.52 bits per heavy atom. The van der Waals surface area contributed by atoms with E-state index in [0.717, 1.165) is 23.3 Å². The van der Waals surface area contributed by atoms with Crippen LogP contribution in [0.4, 0.5) is 0 Å². The van der Waals surface area contributed by atoms with Crippen LogP contribution < -0.4 is 4.74 Å². The first-order chi connectivity index (χ1) is 12.0. The smallest absolute Gasteiger partial charge is 0.308 e. The van der Waals surface area contributed by atoms with E-state index in [-0.39, 0.29) is 18.5 Å². The van der Waals surface area contributed by atoms with Crippen molar-refractivity contribution in [2.45, 2.75) is 50.9 Å². The lowest BCUT2D eigenvalue weighted by Gasteiger charge is -2.33. The highest BCUT2D eigenvalue weighted by atomic mass is 16.5. The predicted molar refractivity (Wildman–Crippen MR) is 95.3 cm³/mol. The second kappa shape index (κ2) is 7.70. The number of aryl methyl sites for hydroxylation is 1. The lowest BCUT2D eigenvalue weighted by Crippen LogP contribution is -2.41. The molecule has 0 spiro atoms. The number of carbonyl (C=O) groups is 1. The Hall–Kier alpha value is -2.33. The largest absolute Gasteiger partial charge is 0.489 e. The van der Waals surface area contributed by atoms with E-state index in [1.54, 1.807) is 6.92 Å². The summed E-state index contributed by atoms with van der Waals surface area (Å²) in [7, 11) is 0. The van der Waals surface area contributed by atoms with Crippen molar-refractivity contribution >= 4 is 5.97 Å². The van der Waals surface area contributed by atoms with Gasteiger partial charge in [-0.15, -0.1) is 0 Å². The first-order valence-corrected chi connectivity index (χ1v) is 8.68. The molecule has 2 unspecified atom stereocenters. The van der Waals surface area contributed by atoms with Gasteiger partial charge in [-0.05, 0) is 43.0 Å². The second-order valence-electron chi connectivity index (χ2n) is 6.95. The molecule has 0 radical (unpaired) electrons. The van der Waals surface area contributed by atoms with Gasteiger partial charge in [-0.3, -0.25) is 4.79 Å². The Bertz CT molecular complexity index is 692. The molecule has 2 aromatic rings. The zero-order valence-electron chi connectivity index (χ0n) is 14.5. The topological polar surface area (TPSA) is 55.8 Å². The fourth-order valence-electron chi connectivity index (χ4n) is 3.12. The summed E-state index contributed by atoms with van der Waals surface area (Å²) in [5.41, 5.74) is 1.35. The molecule has 0 amide bonds. The zero-order valence-corrected chi connectivity index (χ0v) is 14.5. The molecule has 4 heteroatoms. The number of ether oxygens (including phenoxy) is 2. The standard InChI is InChI=1S/C21H24O4/c1-21(23)13-19(25-20(22)14-21)12-9-16-7-10-18(11-8-16)24-15-17-5-3-2-4-6-17/h2-8,10-11,19,23H,9,12-15H2,1H3. The molecule has 1 fully saturated rings. The Labute approximate surface area is 148 Å². The van der Waals surface area contributed by atoms with Crippen LogP contribution in [0, 0.1) is 0 Å². The number of hydrogen-bond acceptors (Lipinski definition) is 4. The van der Waals surface area contributed by atoms with E-state index < -0.39 is 5.60 Å². The molecule has 1 aliphatic heterocycles. The third-order valence-electron chi connectivity index (χ3n) is 4.42. The summed E-state index contributed by atoms with van der Waals surface area (Å²) in [6, 6.07) is 18.0. The summed E-state index contributed by atoms with van der Waals surface area (Å²) in [6.45, 7) is 2.24. The molecule has 0 aromatic heterocycles. The van der Waals surface area contributed by atoms with Gasteiger partial charge in [-0.25, -0.2) is 0 Å². The zero-order chi connectivity index (χ0) is 17.7. The molecular weight excluding hydrogens is 316 g/mol. The average Bonchev–Trinajstić information content (AvgIpc) is 2.58. The molecule has 1 saturated heterocycles. The third-order valence-corrected chi connectivity index (χ3v) is 4.42. The van der Waals surface area contributed by atoms with Crippen LogP contribution in [0.3, 0.4) is 0 Å². The van der Waals surface area contributed by atoms with Crippen molar-refractivity contribution in [1.29, 1.82) is 0 Å². The van der Waals surface area contributed by atoms with Crippen LogP contribution in [0.5, 0.6) is 5.75 Å². The summed E-state index contributed by atoms with van der Waals surface area (Å²) >= 11 is 0. The van der Waals surface area contributed by atoms with Crippen molar-refractivity contribution < 1.29 is 19.4 Å². The SMILES string of the molecule is CC1(O)CC(=O)OC(CCc2ccc(OCc3ccccc3)cc2)C1. The van der Waals surface area contributed by atoms with E-state index in [1.165, 1.54) is 0 Å². The number of esters is 1. The number of rotatable bonds is 6. The first-order valence-electron chi connectivity index (χ1n) is 8.68. The molecule has 0 bridgehead atoms. The first kappa shape index (κ1) is 17.5. The van der Waals surface area contributed by atoms with E-state index >= 15 is 0 Å². The van der Waals surface area contributed by atoms with Crippen molar-refractivity contribution in [3.63, 3.8) is 0 Å². The highest BCUT2D eigenvalue weighted by molar-refractivity contribution is 5.71. The molecule has 25 heavy (non-hydrogen) atoms. The minimum Gasteiger partial charge on any atom is -0.489 e. The van der Waals surface area contributed by atoms with Crippen molar-refractivity contribution in [2.75, 3.05) is 0 Å². The van der Waals surface area contributed by atoms with E-state index in [4.69, 9.17) is 9.47 Å². The summed E-state index contributed by atoms with van der Waals surface area (Å²) < 4.78 is 11.1. The number of carbonyl (C=O) groups excluding carboxylic acids is 1. The Balaban J connectivity index is 1.48. The quantitative estimate of drug-likeness (QED) is 0.816. The van der Waals surface area contributed by atoms with Crippen molar-refractivity contribution in [1.82, 2.24) is 0 Å². The van der Waals surface area contributed by atoms with Gasteiger partial charge in [0.05, 0.1) is 12.0 Å². The van der Waals surface area contributed by atoms with Crippen LogP contribution in [-0.4, -0.2) is 22.8 Å². The molecule has 2 aromatic carbocycles. The fourth-order valence-corrected chi connectivity index (χ4v) is 3.12. The van der Waals surface area contributed by atoms with E-state index in [2.05, 4.69) is 0 Å². The minimum absolute atomic E-state index is 0.0803. The molecule has 0 aliphatic carbocycles. The lowest BCUT2D eigenvalue weighted by atomic mass is 9.89. The van der Waals surface area contributed by atoms with Gasteiger partial charge >= 0.3 is 5.97 Å². The average molecular weight is 340 g/mol. The number of cyclic esters (lactones) is 1. The molecule has 1 heterocycles. The van der Waals surface area contributed by atoms with E-state index in [0.29, 0.717) is 19.4 Å². The highest BCUT2D eigenvalue weighted by Gasteiger charge is 2.35. The fraction of sp³-hybridized carbons (Fsp3) is 0.381. The predicted octanol–water partition coefficient (Wildman–Crippen LogP) is 3.65. The highest BCUT2D eigenvalue weighted by Crippen LogP contribution is 2.27. The maximum atomic E-state index is 11.5. The van der Waals surface area contributed by atoms with E-state index in [9.17, 15) is 9.90 Å².